The Morgan fingerprint density at radius 1 is 1.05 bits per heavy atom. The molecule has 4 heteroatoms. The zero-order valence-electron chi connectivity index (χ0n) is 12.3. The van der Waals surface area contributed by atoms with Crippen molar-refractivity contribution < 1.29 is 5.11 Å². The van der Waals surface area contributed by atoms with Crippen LogP contribution in [0.3, 0.4) is 0 Å². The topological polar surface area (TPSA) is 50.9 Å². The molecule has 0 radical (unpaired) electrons. The highest BCUT2D eigenvalue weighted by Crippen LogP contribution is 2.21. The molecule has 0 saturated carbocycles. The lowest BCUT2D eigenvalue weighted by atomic mass is 10.0. The number of phenols is 1. The second-order valence-electron chi connectivity index (χ2n) is 5.78. The molecule has 1 aromatic heterocycles. The van der Waals surface area contributed by atoms with Crippen molar-refractivity contribution in [1.29, 1.82) is 0 Å². The van der Waals surface area contributed by atoms with Crippen LogP contribution in [-0.4, -0.2) is 20.1 Å². The Balaban J connectivity index is 1.89. The SMILES string of the molecule is CC(C)Cc1ccc(O)c(Cn2nc3ccccc3n2)c1. The number of benzene rings is 2. The van der Waals surface area contributed by atoms with Crippen molar-refractivity contribution in [1.82, 2.24) is 15.0 Å². The fourth-order valence-corrected chi connectivity index (χ4v) is 2.49. The molecule has 3 aromatic rings. The number of phenolic OH excluding ortho intramolecular Hbond substituents is 1. The van der Waals surface area contributed by atoms with Crippen molar-refractivity contribution in [3.63, 3.8) is 0 Å². The van der Waals surface area contributed by atoms with Gasteiger partial charge in [-0.2, -0.15) is 15.0 Å². The standard InChI is InChI=1S/C17H19N3O/c1-12(2)9-13-7-8-17(21)14(10-13)11-20-18-15-5-3-4-6-16(15)19-20/h3-8,10,12,21H,9,11H2,1-2H3. The summed E-state index contributed by atoms with van der Waals surface area (Å²) in [5.41, 5.74) is 3.83. The van der Waals surface area contributed by atoms with E-state index >= 15 is 0 Å². The van der Waals surface area contributed by atoms with Gasteiger partial charge < -0.3 is 5.11 Å². The van der Waals surface area contributed by atoms with Crippen LogP contribution < -0.4 is 0 Å². The summed E-state index contributed by atoms with van der Waals surface area (Å²) >= 11 is 0. The van der Waals surface area contributed by atoms with Crippen molar-refractivity contribution in [2.75, 3.05) is 0 Å². The predicted octanol–water partition coefficient (Wildman–Crippen LogP) is 3.38. The number of fused-ring (bicyclic) bond motifs is 1. The minimum absolute atomic E-state index is 0.295. The molecule has 0 aliphatic carbocycles. The molecule has 21 heavy (non-hydrogen) atoms. The summed E-state index contributed by atoms with van der Waals surface area (Å²) in [6.07, 6.45) is 1.00. The van der Waals surface area contributed by atoms with Crippen LogP contribution >= 0.6 is 0 Å². The molecule has 0 unspecified atom stereocenters. The van der Waals surface area contributed by atoms with E-state index in [0.717, 1.165) is 23.0 Å². The summed E-state index contributed by atoms with van der Waals surface area (Å²) in [4.78, 5) is 1.64. The predicted molar refractivity (Wildman–Crippen MR) is 83.3 cm³/mol. The number of aromatic nitrogens is 3. The van der Waals surface area contributed by atoms with Crippen LogP contribution in [-0.2, 0) is 13.0 Å². The van der Waals surface area contributed by atoms with Crippen LogP contribution in [0.15, 0.2) is 42.5 Å². The Labute approximate surface area is 124 Å². The molecule has 0 saturated heterocycles. The zero-order chi connectivity index (χ0) is 14.8. The monoisotopic (exact) mass is 281 g/mol. The van der Waals surface area contributed by atoms with Gasteiger partial charge in [0.2, 0.25) is 0 Å². The van der Waals surface area contributed by atoms with Crippen LogP contribution in [0.1, 0.15) is 25.0 Å². The average molecular weight is 281 g/mol. The van der Waals surface area contributed by atoms with E-state index in [1.807, 2.05) is 36.4 Å². The second kappa shape index (κ2) is 5.56. The highest BCUT2D eigenvalue weighted by Gasteiger charge is 2.08. The highest BCUT2D eigenvalue weighted by atomic mass is 16.3. The maximum absolute atomic E-state index is 10.0. The normalized spacial score (nSPS) is 11.4. The van der Waals surface area contributed by atoms with Crippen molar-refractivity contribution in [3.05, 3.63) is 53.6 Å². The molecule has 1 heterocycles. The Hall–Kier alpha value is -2.36. The minimum atomic E-state index is 0.295. The first kappa shape index (κ1) is 13.6. The molecule has 1 N–H and O–H groups in total. The number of rotatable bonds is 4. The molecule has 0 bridgehead atoms. The van der Waals surface area contributed by atoms with Crippen LogP contribution in [0.25, 0.3) is 11.0 Å². The summed E-state index contributed by atoms with van der Waals surface area (Å²) in [6, 6.07) is 13.6. The quantitative estimate of drug-likeness (QED) is 0.797. The van der Waals surface area contributed by atoms with E-state index in [0.29, 0.717) is 18.2 Å². The van der Waals surface area contributed by atoms with Gasteiger partial charge in [0.05, 0.1) is 6.54 Å². The molecule has 0 aliphatic rings. The van der Waals surface area contributed by atoms with Gasteiger partial charge in [0.15, 0.2) is 0 Å². The minimum Gasteiger partial charge on any atom is -0.508 e. The first-order chi connectivity index (χ1) is 10.1. The first-order valence-corrected chi connectivity index (χ1v) is 7.22. The summed E-state index contributed by atoms with van der Waals surface area (Å²) in [5.74, 6) is 0.886. The molecule has 2 aromatic carbocycles. The van der Waals surface area contributed by atoms with Crippen LogP contribution in [0.4, 0.5) is 0 Å². The zero-order valence-corrected chi connectivity index (χ0v) is 12.3. The van der Waals surface area contributed by atoms with Gasteiger partial charge in [-0.1, -0.05) is 38.1 Å². The van der Waals surface area contributed by atoms with Crippen LogP contribution in [0, 0.1) is 5.92 Å². The van der Waals surface area contributed by atoms with E-state index in [-0.39, 0.29) is 0 Å². The number of hydrogen-bond acceptors (Lipinski definition) is 3. The van der Waals surface area contributed by atoms with E-state index in [1.165, 1.54) is 5.56 Å². The molecule has 3 rings (SSSR count). The van der Waals surface area contributed by atoms with E-state index in [2.05, 4.69) is 24.0 Å². The fraction of sp³-hybridized carbons (Fsp3) is 0.294. The molecule has 0 spiro atoms. The maximum Gasteiger partial charge on any atom is 0.120 e. The molecule has 0 atom stereocenters. The van der Waals surface area contributed by atoms with Gasteiger partial charge in [-0.05, 0) is 36.1 Å². The van der Waals surface area contributed by atoms with Crippen molar-refractivity contribution in [2.45, 2.75) is 26.8 Å². The van der Waals surface area contributed by atoms with Gasteiger partial charge >= 0.3 is 0 Å². The molecular formula is C17H19N3O. The Bertz CT molecular complexity index is 729. The second-order valence-corrected chi connectivity index (χ2v) is 5.78. The van der Waals surface area contributed by atoms with Crippen LogP contribution in [0.5, 0.6) is 5.75 Å². The third-order valence-electron chi connectivity index (χ3n) is 3.43. The number of aromatic hydroxyl groups is 1. The van der Waals surface area contributed by atoms with Gasteiger partial charge in [0.25, 0.3) is 0 Å². The van der Waals surface area contributed by atoms with Crippen molar-refractivity contribution in [2.24, 2.45) is 5.92 Å². The van der Waals surface area contributed by atoms with E-state index in [1.54, 1.807) is 10.9 Å². The lowest BCUT2D eigenvalue weighted by Gasteiger charge is -2.09. The fourth-order valence-electron chi connectivity index (χ4n) is 2.49. The largest absolute Gasteiger partial charge is 0.508 e. The number of nitrogens with zero attached hydrogens (tertiary/aromatic N) is 3. The molecule has 0 amide bonds. The summed E-state index contributed by atoms with van der Waals surface area (Å²) < 4.78 is 0. The lowest BCUT2D eigenvalue weighted by Crippen LogP contribution is -2.05. The van der Waals surface area contributed by atoms with E-state index in [9.17, 15) is 5.11 Å². The van der Waals surface area contributed by atoms with Gasteiger partial charge in [-0.3, -0.25) is 0 Å². The third kappa shape index (κ3) is 3.05. The molecular weight excluding hydrogens is 262 g/mol. The van der Waals surface area contributed by atoms with Crippen LogP contribution in [0.2, 0.25) is 0 Å². The lowest BCUT2D eigenvalue weighted by molar-refractivity contribution is 0.459. The average Bonchev–Trinajstić information content (AvgIpc) is 2.84. The highest BCUT2D eigenvalue weighted by molar-refractivity contribution is 5.72. The van der Waals surface area contributed by atoms with Crippen molar-refractivity contribution >= 4 is 11.0 Å². The van der Waals surface area contributed by atoms with Gasteiger partial charge in [-0.15, -0.1) is 0 Å². The first-order valence-electron chi connectivity index (χ1n) is 7.22. The molecule has 108 valence electrons. The van der Waals surface area contributed by atoms with Gasteiger partial charge in [0, 0.05) is 5.56 Å². The Morgan fingerprint density at radius 2 is 1.71 bits per heavy atom. The van der Waals surface area contributed by atoms with E-state index < -0.39 is 0 Å². The Morgan fingerprint density at radius 3 is 2.33 bits per heavy atom. The summed E-state index contributed by atoms with van der Waals surface area (Å²) in [6.45, 7) is 4.86. The number of hydrogen-bond donors (Lipinski definition) is 1. The van der Waals surface area contributed by atoms with Gasteiger partial charge in [-0.25, -0.2) is 0 Å². The third-order valence-corrected chi connectivity index (χ3v) is 3.43. The molecule has 4 nitrogen and oxygen atoms in total. The maximum atomic E-state index is 10.0. The van der Waals surface area contributed by atoms with Crippen molar-refractivity contribution in [3.8, 4) is 5.75 Å². The smallest absolute Gasteiger partial charge is 0.120 e. The summed E-state index contributed by atoms with van der Waals surface area (Å²) in [5, 5.41) is 18.9. The van der Waals surface area contributed by atoms with E-state index in [4.69, 9.17) is 0 Å². The van der Waals surface area contributed by atoms with Gasteiger partial charge in [0.1, 0.15) is 16.8 Å². The summed E-state index contributed by atoms with van der Waals surface area (Å²) in [7, 11) is 0. The Kier molecular flexibility index (Phi) is 3.60. The molecule has 0 fully saturated rings. The molecule has 0 aliphatic heterocycles.